The summed E-state index contributed by atoms with van der Waals surface area (Å²) in [5.41, 5.74) is 3.91. The van der Waals surface area contributed by atoms with E-state index in [1.165, 1.54) is 5.56 Å². The molecular formula is C31H42ClN3O5. The molecule has 0 aromatic heterocycles. The minimum Gasteiger partial charge on any atom is -0.465 e. The Morgan fingerprint density at radius 3 is 2.67 bits per heavy atom. The fraction of sp³-hybridized carbons (Fsp3) is 0.548. The maximum atomic E-state index is 13.6. The molecule has 2 aromatic carbocycles. The highest BCUT2D eigenvalue weighted by molar-refractivity contribution is 6.33. The summed E-state index contributed by atoms with van der Waals surface area (Å²) in [6, 6.07) is 14.0. The molecular weight excluding hydrogens is 530 g/mol. The van der Waals surface area contributed by atoms with Crippen LogP contribution in [0.2, 0.25) is 5.02 Å². The molecule has 8 nitrogen and oxygen atoms in total. The SMILES string of the molecule is CCc1cccc(-c2c(Cl)cccc2[C@H](OCCNC(=O)O)[C@H]2CN(C(=O)C3CCC(CNC)CC3)CCO2)c1. The first-order chi connectivity index (χ1) is 19.4. The quantitative estimate of drug-likeness (QED) is 0.323. The van der Waals surface area contributed by atoms with Crippen molar-refractivity contribution in [2.45, 2.75) is 51.2 Å². The first-order valence-electron chi connectivity index (χ1n) is 14.4. The van der Waals surface area contributed by atoms with Crippen LogP contribution < -0.4 is 10.6 Å². The number of rotatable bonds is 11. The van der Waals surface area contributed by atoms with Crippen molar-refractivity contribution in [1.29, 1.82) is 0 Å². The van der Waals surface area contributed by atoms with E-state index in [-0.39, 0.29) is 25.0 Å². The van der Waals surface area contributed by atoms with Gasteiger partial charge in [0.25, 0.3) is 0 Å². The lowest BCUT2D eigenvalue weighted by Gasteiger charge is -2.40. The van der Waals surface area contributed by atoms with E-state index in [4.69, 9.17) is 26.2 Å². The van der Waals surface area contributed by atoms with Gasteiger partial charge in [-0.15, -0.1) is 0 Å². The van der Waals surface area contributed by atoms with Gasteiger partial charge in [-0.3, -0.25) is 4.79 Å². The molecule has 40 heavy (non-hydrogen) atoms. The normalized spacial score (nSPS) is 22.1. The molecule has 2 atom stereocenters. The molecule has 2 aromatic rings. The van der Waals surface area contributed by atoms with Crippen LogP contribution in [-0.2, 0) is 20.7 Å². The number of carbonyl (C=O) groups excluding carboxylic acids is 1. The van der Waals surface area contributed by atoms with Crippen LogP contribution in [0.4, 0.5) is 4.79 Å². The Morgan fingerprint density at radius 1 is 1.18 bits per heavy atom. The largest absolute Gasteiger partial charge is 0.465 e. The summed E-state index contributed by atoms with van der Waals surface area (Å²) in [5.74, 6) is 0.880. The maximum Gasteiger partial charge on any atom is 0.404 e. The first-order valence-corrected chi connectivity index (χ1v) is 14.8. The summed E-state index contributed by atoms with van der Waals surface area (Å²) < 4.78 is 12.6. The molecule has 1 aliphatic heterocycles. The number of benzene rings is 2. The lowest BCUT2D eigenvalue weighted by Crippen LogP contribution is -2.50. The number of carbonyl (C=O) groups is 2. The van der Waals surface area contributed by atoms with E-state index in [0.717, 1.165) is 55.3 Å². The number of ether oxygens (including phenoxy) is 2. The summed E-state index contributed by atoms with van der Waals surface area (Å²) in [6.45, 7) is 4.79. The Bertz CT molecular complexity index is 1140. The van der Waals surface area contributed by atoms with Gasteiger partial charge in [-0.05, 0) is 74.4 Å². The van der Waals surface area contributed by atoms with Gasteiger partial charge in [0.1, 0.15) is 12.2 Å². The zero-order valence-corrected chi connectivity index (χ0v) is 24.3. The van der Waals surface area contributed by atoms with E-state index in [1.54, 1.807) is 0 Å². The van der Waals surface area contributed by atoms with Crippen molar-refractivity contribution in [3.63, 3.8) is 0 Å². The smallest absolute Gasteiger partial charge is 0.404 e. The van der Waals surface area contributed by atoms with Gasteiger partial charge >= 0.3 is 6.09 Å². The molecule has 1 heterocycles. The van der Waals surface area contributed by atoms with Gasteiger partial charge in [0.2, 0.25) is 5.91 Å². The molecule has 4 rings (SSSR count). The second-order valence-electron chi connectivity index (χ2n) is 10.8. The topological polar surface area (TPSA) is 100 Å². The molecule has 1 saturated heterocycles. The van der Waals surface area contributed by atoms with Gasteiger partial charge in [0.15, 0.2) is 0 Å². The second kappa shape index (κ2) is 14.8. The second-order valence-corrected chi connectivity index (χ2v) is 11.2. The van der Waals surface area contributed by atoms with Crippen molar-refractivity contribution >= 4 is 23.6 Å². The average Bonchev–Trinajstić information content (AvgIpc) is 2.97. The highest BCUT2D eigenvalue weighted by Crippen LogP contribution is 2.39. The van der Waals surface area contributed by atoms with Crippen LogP contribution in [0, 0.1) is 11.8 Å². The standard InChI is InChI=1S/C31H42ClN3O5/c1-3-21-6-4-7-24(18-21)28-25(8-5-9-26(28)32)29(40-16-14-34-31(37)38)27-20-35(15-17-39-27)30(36)23-12-10-22(11-13-23)19-33-2/h4-9,18,22-23,27,29,33-34H,3,10-17,19-20H2,1-2H3,(H,37,38)/t22?,23?,27-,29+/m1/s1. The zero-order chi connectivity index (χ0) is 28.5. The molecule has 1 saturated carbocycles. The van der Waals surface area contributed by atoms with Crippen molar-refractivity contribution in [2.24, 2.45) is 11.8 Å². The van der Waals surface area contributed by atoms with E-state index in [0.29, 0.717) is 30.6 Å². The highest BCUT2D eigenvalue weighted by atomic mass is 35.5. The molecule has 1 aliphatic carbocycles. The van der Waals surface area contributed by atoms with Gasteiger partial charge in [0.05, 0.1) is 13.2 Å². The predicted molar refractivity (Wildman–Crippen MR) is 157 cm³/mol. The van der Waals surface area contributed by atoms with Crippen molar-refractivity contribution in [3.05, 3.63) is 58.6 Å². The molecule has 3 N–H and O–H groups in total. The number of halogens is 1. The Morgan fingerprint density at radius 2 is 1.95 bits per heavy atom. The van der Waals surface area contributed by atoms with Crippen LogP contribution in [0.25, 0.3) is 11.1 Å². The number of nitrogens with zero attached hydrogens (tertiary/aromatic N) is 1. The van der Waals surface area contributed by atoms with Gasteiger partial charge in [0, 0.05) is 36.1 Å². The lowest BCUT2D eigenvalue weighted by molar-refractivity contribution is -0.153. The van der Waals surface area contributed by atoms with Gasteiger partial charge < -0.3 is 30.1 Å². The monoisotopic (exact) mass is 571 g/mol. The van der Waals surface area contributed by atoms with E-state index in [2.05, 4.69) is 29.7 Å². The number of aryl methyl sites for hydroxylation is 1. The molecule has 0 radical (unpaired) electrons. The van der Waals surface area contributed by atoms with Crippen LogP contribution in [0.15, 0.2) is 42.5 Å². The van der Waals surface area contributed by atoms with E-state index >= 15 is 0 Å². The maximum absolute atomic E-state index is 13.6. The van der Waals surface area contributed by atoms with Crippen molar-refractivity contribution in [3.8, 4) is 11.1 Å². The molecule has 0 unspecified atom stereocenters. The van der Waals surface area contributed by atoms with Crippen molar-refractivity contribution < 1.29 is 24.2 Å². The van der Waals surface area contributed by atoms with Crippen LogP contribution in [0.1, 0.15) is 49.8 Å². The Balaban J connectivity index is 1.58. The summed E-state index contributed by atoms with van der Waals surface area (Å²) in [6.07, 6.45) is 2.79. The number of nitrogens with one attached hydrogen (secondary N) is 2. The van der Waals surface area contributed by atoms with E-state index in [9.17, 15) is 9.59 Å². The molecule has 0 spiro atoms. The minimum atomic E-state index is -1.10. The Labute approximate surface area is 242 Å². The number of amides is 2. The molecule has 218 valence electrons. The number of hydrogen-bond acceptors (Lipinski definition) is 5. The average molecular weight is 572 g/mol. The number of carboxylic acid groups (broad SMARTS) is 1. The molecule has 0 bridgehead atoms. The first kappa shape index (κ1) is 30.3. The third-order valence-corrected chi connectivity index (χ3v) is 8.40. The highest BCUT2D eigenvalue weighted by Gasteiger charge is 2.36. The Kier molecular flexibility index (Phi) is 11.2. The van der Waals surface area contributed by atoms with Crippen molar-refractivity contribution in [1.82, 2.24) is 15.5 Å². The van der Waals surface area contributed by atoms with Crippen LogP contribution in [0.3, 0.4) is 0 Å². The number of hydrogen-bond donors (Lipinski definition) is 3. The summed E-state index contributed by atoms with van der Waals surface area (Å²) >= 11 is 6.80. The molecule has 2 aliphatic rings. The lowest BCUT2D eigenvalue weighted by atomic mass is 9.81. The molecule has 2 amide bonds. The molecule has 9 heteroatoms. The predicted octanol–water partition coefficient (Wildman–Crippen LogP) is 5.15. The molecule has 2 fully saturated rings. The summed E-state index contributed by atoms with van der Waals surface area (Å²) in [5, 5.41) is 15.3. The van der Waals surface area contributed by atoms with E-state index in [1.807, 2.05) is 42.3 Å². The van der Waals surface area contributed by atoms with Gasteiger partial charge in [-0.25, -0.2) is 4.79 Å². The third kappa shape index (κ3) is 7.75. The van der Waals surface area contributed by atoms with Crippen molar-refractivity contribution in [2.75, 3.05) is 46.4 Å². The fourth-order valence-electron chi connectivity index (χ4n) is 5.99. The summed E-state index contributed by atoms with van der Waals surface area (Å²) in [4.78, 5) is 26.6. The Hall–Kier alpha value is -2.65. The number of morpholine rings is 1. The summed E-state index contributed by atoms with van der Waals surface area (Å²) in [7, 11) is 1.98. The van der Waals surface area contributed by atoms with Crippen LogP contribution in [0.5, 0.6) is 0 Å². The van der Waals surface area contributed by atoms with E-state index < -0.39 is 18.3 Å². The zero-order valence-electron chi connectivity index (χ0n) is 23.5. The third-order valence-electron chi connectivity index (χ3n) is 8.08. The van der Waals surface area contributed by atoms with Crippen LogP contribution in [-0.4, -0.2) is 74.6 Å². The minimum absolute atomic E-state index is 0.0458. The fourth-order valence-corrected chi connectivity index (χ4v) is 6.28. The van der Waals surface area contributed by atoms with Crippen LogP contribution >= 0.6 is 11.6 Å². The van der Waals surface area contributed by atoms with Gasteiger partial charge in [-0.1, -0.05) is 54.9 Å². The van der Waals surface area contributed by atoms with Gasteiger partial charge in [-0.2, -0.15) is 0 Å².